The van der Waals surface area contributed by atoms with Gasteiger partial charge >= 0.3 is 0 Å². The quantitative estimate of drug-likeness (QED) is 0.823. The van der Waals surface area contributed by atoms with Crippen LogP contribution in [0.25, 0.3) is 11.1 Å². The van der Waals surface area contributed by atoms with Crippen molar-refractivity contribution in [1.29, 1.82) is 0 Å². The van der Waals surface area contributed by atoms with E-state index >= 15 is 0 Å². The maximum Gasteiger partial charge on any atom is 0.217 e. The van der Waals surface area contributed by atoms with E-state index in [9.17, 15) is 4.79 Å². The highest BCUT2D eigenvalue weighted by Gasteiger charge is 2.41. The largest absolute Gasteiger partial charge is 0.496 e. The third-order valence-corrected chi connectivity index (χ3v) is 6.17. The number of methoxy groups -OCH3 is 1. The molecule has 1 heterocycles. The zero-order valence-corrected chi connectivity index (χ0v) is 16.7. The summed E-state index contributed by atoms with van der Waals surface area (Å²) in [5.74, 6) is 1.33. The van der Waals surface area contributed by atoms with Gasteiger partial charge in [0, 0.05) is 24.4 Å². The minimum Gasteiger partial charge on any atom is -0.496 e. The fourth-order valence-electron chi connectivity index (χ4n) is 4.94. The van der Waals surface area contributed by atoms with Gasteiger partial charge in [-0.05, 0) is 36.5 Å². The third kappa shape index (κ3) is 3.79. The lowest BCUT2D eigenvalue weighted by Gasteiger charge is -2.45. The predicted octanol–water partition coefficient (Wildman–Crippen LogP) is 4.89. The van der Waals surface area contributed by atoms with Crippen LogP contribution in [0.3, 0.4) is 0 Å². The monoisotopic (exact) mass is 379 g/mol. The molecule has 2 aromatic carbocycles. The Hall–Kier alpha value is -2.33. The Morgan fingerprint density at radius 1 is 1.04 bits per heavy atom. The molecule has 4 nitrogen and oxygen atoms in total. The first-order valence-corrected chi connectivity index (χ1v) is 10.3. The van der Waals surface area contributed by atoms with Crippen molar-refractivity contribution in [3.8, 4) is 16.9 Å². The second-order valence-corrected chi connectivity index (χ2v) is 7.94. The molecule has 148 valence electrons. The lowest BCUT2D eigenvalue weighted by atomic mass is 9.76. The molecule has 0 radical (unpaired) electrons. The summed E-state index contributed by atoms with van der Waals surface area (Å²) in [6.07, 6.45) is 5.64. The van der Waals surface area contributed by atoms with Crippen LogP contribution >= 0.6 is 0 Å². The molecule has 1 N–H and O–H groups in total. The first-order valence-electron chi connectivity index (χ1n) is 10.3. The number of ether oxygens (including phenoxy) is 2. The molecule has 4 rings (SSSR count). The third-order valence-electron chi connectivity index (χ3n) is 6.17. The van der Waals surface area contributed by atoms with Gasteiger partial charge in [0.2, 0.25) is 5.91 Å². The van der Waals surface area contributed by atoms with E-state index in [1.54, 1.807) is 14.0 Å². The molecule has 2 aromatic rings. The van der Waals surface area contributed by atoms with E-state index in [0.717, 1.165) is 36.1 Å². The van der Waals surface area contributed by atoms with E-state index in [-0.39, 0.29) is 24.2 Å². The van der Waals surface area contributed by atoms with Crippen LogP contribution in [0.1, 0.15) is 50.7 Å². The molecule has 2 fully saturated rings. The molecule has 1 amide bonds. The molecule has 28 heavy (non-hydrogen) atoms. The normalized spacial score (nSPS) is 26.9. The molecule has 0 aromatic heterocycles. The number of carbonyl (C=O) groups excluding carboxylic acids is 1. The van der Waals surface area contributed by atoms with Gasteiger partial charge in [-0.2, -0.15) is 0 Å². The summed E-state index contributed by atoms with van der Waals surface area (Å²) in [4.78, 5) is 11.8. The number of benzene rings is 2. The SMILES string of the molecule is COc1ccccc1-c1ccccc1[C@H]1C[C@@H](NC(C)=O)[C@@H]2CCCC[C@H]2O1. The number of hydrogen-bond donors (Lipinski definition) is 1. The van der Waals surface area contributed by atoms with E-state index < -0.39 is 0 Å². The number of fused-ring (bicyclic) bond motifs is 1. The molecule has 1 saturated carbocycles. The molecule has 1 aliphatic carbocycles. The van der Waals surface area contributed by atoms with E-state index in [1.165, 1.54) is 18.4 Å². The van der Waals surface area contributed by atoms with Gasteiger partial charge in [0.1, 0.15) is 5.75 Å². The molecule has 0 spiro atoms. The van der Waals surface area contributed by atoms with Crippen molar-refractivity contribution in [2.75, 3.05) is 7.11 Å². The van der Waals surface area contributed by atoms with Crippen molar-refractivity contribution in [3.63, 3.8) is 0 Å². The molecule has 0 unspecified atom stereocenters. The van der Waals surface area contributed by atoms with Gasteiger partial charge in [0.15, 0.2) is 0 Å². The Morgan fingerprint density at radius 3 is 2.54 bits per heavy atom. The maximum absolute atomic E-state index is 11.8. The average Bonchev–Trinajstić information content (AvgIpc) is 2.73. The highest BCUT2D eigenvalue weighted by atomic mass is 16.5. The van der Waals surface area contributed by atoms with Gasteiger partial charge < -0.3 is 14.8 Å². The fraction of sp³-hybridized carbons (Fsp3) is 0.458. The highest BCUT2D eigenvalue weighted by molar-refractivity contribution is 5.74. The van der Waals surface area contributed by atoms with E-state index in [2.05, 4.69) is 35.6 Å². The highest BCUT2D eigenvalue weighted by Crippen LogP contribution is 2.44. The van der Waals surface area contributed by atoms with E-state index in [0.29, 0.717) is 5.92 Å². The van der Waals surface area contributed by atoms with Gasteiger partial charge in [-0.15, -0.1) is 0 Å². The molecular weight excluding hydrogens is 350 g/mol. The van der Waals surface area contributed by atoms with Gasteiger partial charge in [-0.1, -0.05) is 55.3 Å². The minimum absolute atomic E-state index is 0.0303. The summed E-state index contributed by atoms with van der Waals surface area (Å²) in [6.45, 7) is 1.62. The van der Waals surface area contributed by atoms with Gasteiger partial charge in [0.05, 0.1) is 19.3 Å². The molecule has 2 aliphatic rings. The molecular formula is C24H29NO3. The van der Waals surface area contributed by atoms with Crippen molar-refractivity contribution >= 4 is 5.91 Å². The number of hydrogen-bond acceptors (Lipinski definition) is 3. The van der Waals surface area contributed by atoms with Crippen LogP contribution in [-0.2, 0) is 9.53 Å². The van der Waals surface area contributed by atoms with Crippen molar-refractivity contribution in [3.05, 3.63) is 54.1 Å². The fourth-order valence-corrected chi connectivity index (χ4v) is 4.94. The predicted molar refractivity (Wildman–Crippen MR) is 110 cm³/mol. The van der Waals surface area contributed by atoms with Gasteiger partial charge in [0.25, 0.3) is 0 Å². The Morgan fingerprint density at radius 2 is 1.75 bits per heavy atom. The van der Waals surface area contributed by atoms with Crippen LogP contribution < -0.4 is 10.1 Å². The summed E-state index contributed by atoms with van der Waals surface area (Å²) >= 11 is 0. The summed E-state index contributed by atoms with van der Waals surface area (Å²) < 4.78 is 12.2. The van der Waals surface area contributed by atoms with Gasteiger partial charge in [-0.25, -0.2) is 0 Å². The van der Waals surface area contributed by atoms with Crippen molar-refractivity contribution < 1.29 is 14.3 Å². The topological polar surface area (TPSA) is 47.6 Å². The van der Waals surface area contributed by atoms with Crippen LogP contribution in [0.4, 0.5) is 0 Å². The van der Waals surface area contributed by atoms with Crippen molar-refractivity contribution in [1.82, 2.24) is 5.32 Å². The van der Waals surface area contributed by atoms with Crippen molar-refractivity contribution in [2.24, 2.45) is 5.92 Å². The van der Waals surface area contributed by atoms with Crippen LogP contribution in [0.5, 0.6) is 5.75 Å². The molecule has 0 bridgehead atoms. The second-order valence-electron chi connectivity index (χ2n) is 7.94. The molecule has 4 heteroatoms. The standard InChI is InChI=1S/C24H29NO3/c1-16(26)25-21-15-24(28-23-14-8-6-12-20(21)23)19-11-4-3-9-17(19)18-10-5-7-13-22(18)27-2/h3-5,7,9-11,13,20-21,23-24H,6,8,12,14-15H2,1-2H3,(H,25,26)/t20-,21+,23+,24+/m0/s1. The Bertz CT molecular complexity index is 834. The minimum atomic E-state index is -0.0303. The van der Waals surface area contributed by atoms with Crippen LogP contribution in [0.15, 0.2) is 48.5 Å². The summed E-state index contributed by atoms with van der Waals surface area (Å²) in [5, 5.41) is 3.22. The summed E-state index contributed by atoms with van der Waals surface area (Å²) in [5.41, 5.74) is 3.39. The smallest absolute Gasteiger partial charge is 0.217 e. The van der Waals surface area contributed by atoms with E-state index in [4.69, 9.17) is 9.47 Å². The maximum atomic E-state index is 11.8. The average molecular weight is 380 g/mol. The Labute approximate surface area is 167 Å². The number of amides is 1. The number of carbonyl (C=O) groups is 1. The number of para-hydroxylation sites is 1. The van der Waals surface area contributed by atoms with Crippen LogP contribution in [0, 0.1) is 5.92 Å². The number of rotatable bonds is 4. The molecule has 1 aliphatic heterocycles. The lowest BCUT2D eigenvalue weighted by Crippen LogP contribution is -2.50. The van der Waals surface area contributed by atoms with Crippen LogP contribution in [-0.4, -0.2) is 25.2 Å². The first-order chi connectivity index (χ1) is 13.7. The summed E-state index contributed by atoms with van der Waals surface area (Å²) in [7, 11) is 1.71. The lowest BCUT2D eigenvalue weighted by molar-refractivity contribution is -0.131. The zero-order chi connectivity index (χ0) is 19.5. The van der Waals surface area contributed by atoms with Gasteiger partial charge in [-0.3, -0.25) is 4.79 Å². The Kier molecular flexibility index (Phi) is 5.67. The molecule has 4 atom stereocenters. The van der Waals surface area contributed by atoms with E-state index in [1.807, 2.05) is 18.2 Å². The van der Waals surface area contributed by atoms with Crippen molar-refractivity contribution in [2.45, 2.75) is 57.3 Å². The second kappa shape index (κ2) is 8.36. The van der Waals surface area contributed by atoms with Crippen LogP contribution in [0.2, 0.25) is 0 Å². The summed E-state index contributed by atoms with van der Waals surface area (Å²) in [6, 6.07) is 16.7. The Balaban J connectivity index is 1.70. The zero-order valence-electron chi connectivity index (χ0n) is 16.7. The molecule has 1 saturated heterocycles. The number of nitrogens with one attached hydrogen (secondary N) is 1. The first kappa shape index (κ1) is 19.0.